The minimum atomic E-state index is -0.341. The molecule has 0 fully saturated rings. The van der Waals surface area contributed by atoms with Gasteiger partial charge in [-0.3, -0.25) is 4.79 Å². The van der Waals surface area contributed by atoms with Crippen LogP contribution in [-0.4, -0.2) is 28.7 Å². The van der Waals surface area contributed by atoms with Gasteiger partial charge in [-0.05, 0) is 42.0 Å². The number of carbonyl (C=O) groups excluding carboxylic acids is 1. The average Bonchev–Trinajstić information content (AvgIpc) is 3.34. The molecule has 2 heterocycles. The van der Waals surface area contributed by atoms with Gasteiger partial charge < -0.3 is 19.2 Å². The van der Waals surface area contributed by atoms with E-state index in [0.717, 1.165) is 17.3 Å². The zero-order valence-electron chi connectivity index (χ0n) is 14.0. The van der Waals surface area contributed by atoms with E-state index in [0.29, 0.717) is 23.6 Å². The maximum atomic E-state index is 12.9. The van der Waals surface area contributed by atoms with E-state index in [1.165, 1.54) is 12.1 Å². The highest BCUT2D eigenvalue weighted by Crippen LogP contribution is 2.32. The van der Waals surface area contributed by atoms with Crippen LogP contribution in [0, 0.1) is 5.82 Å². The van der Waals surface area contributed by atoms with Crippen molar-refractivity contribution in [2.24, 2.45) is 0 Å². The molecule has 0 radical (unpaired) electrons. The molecule has 9 heteroatoms. The van der Waals surface area contributed by atoms with Gasteiger partial charge in [0, 0.05) is 12.1 Å². The molecular weight excluding hydrogens is 373 g/mol. The highest BCUT2D eigenvalue weighted by atomic mass is 32.2. The van der Waals surface area contributed by atoms with Gasteiger partial charge in [-0.15, -0.1) is 10.2 Å². The second-order valence-corrected chi connectivity index (χ2v) is 6.56. The standard InChI is InChI=1S/C18H14FN3O4S/c19-13-4-2-12(3-5-13)17-21-22-18(26-17)27-9-16(23)20-8-11-1-6-14-15(7-11)25-10-24-14/h1-7H,8-10H2,(H,20,23). The molecule has 2 aromatic carbocycles. The monoisotopic (exact) mass is 387 g/mol. The van der Waals surface area contributed by atoms with Crippen molar-refractivity contribution in [2.45, 2.75) is 11.8 Å². The highest BCUT2D eigenvalue weighted by Gasteiger charge is 2.14. The summed E-state index contributed by atoms with van der Waals surface area (Å²) in [4.78, 5) is 12.0. The van der Waals surface area contributed by atoms with Gasteiger partial charge in [0.2, 0.25) is 18.6 Å². The Morgan fingerprint density at radius 1 is 1.11 bits per heavy atom. The maximum Gasteiger partial charge on any atom is 0.277 e. The lowest BCUT2D eigenvalue weighted by Crippen LogP contribution is -2.24. The van der Waals surface area contributed by atoms with Crippen LogP contribution in [0.2, 0.25) is 0 Å². The van der Waals surface area contributed by atoms with Crippen molar-refractivity contribution >= 4 is 17.7 Å². The van der Waals surface area contributed by atoms with Crippen LogP contribution < -0.4 is 14.8 Å². The first-order valence-electron chi connectivity index (χ1n) is 8.05. The first-order chi connectivity index (χ1) is 13.2. The van der Waals surface area contributed by atoms with Crippen molar-refractivity contribution in [3.63, 3.8) is 0 Å². The number of thioether (sulfide) groups is 1. The summed E-state index contributed by atoms with van der Waals surface area (Å²) >= 11 is 1.13. The summed E-state index contributed by atoms with van der Waals surface area (Å²) in [6.07, 6.45) is 0. The minimum Gasteiger partial charge on any atom is -0.454 e. The molecule has 0 saturated heterocycles. The summed E-state index contributed by atoms with van der Waals surface area (Å²) in [7, 11) is 0. The molecular formula is C18H14FN3O4S. The van der Waals surface area contributed by atoms with E-state index in [4.69, 9.17) is 13.9 Å². The van der Waals surface area contributed by atoms with Crippen molar-refractivity contribution in [1.29, 1.82) is 0 Å². The van der Waals surface area contributed by atoms with Crippen molar-refractivity contribution in [2.75, 3.05) is 12.5 Å². The van der Waals surface area contributed by atoms with Crippen molar-refractivity contribution < 1.29 is 23.1 Å². The molecule has 0 spiro atoms. The number of ether oxygens (including phenoxy) is 2. The molecule has 1 amide bonds. The summed E-state index contributed by atoms with van der Waals surface area (Å²) in [5.74, 6) is 1.28. The molecule has 3 aromatic rings. The Bertz CT molecular complexity index is 961. The third-order valence-electron chi connectivity index (χ3n) is 3.75. The first-order valence-corrected chi connectivity index (χ1v) is 9.03. The van der Waals surface area contributed by atoms with Gasteiger partial charge in [0.25, 0.3) is 5.22 Å². The van der Waals surface area contributed by atoms with Gasteiger partial charge in [0.1, 0.15) is 5.82 Å². The third-order valence-corrected chi connectivity index (χ3v) is 4.57. The van der Waals surface area contributed by atoms with Crippen LogP contribution in [0.3, 0.4) is 0 Å². The van der Waals surface area contributed by atoms with Crippen LogP contribution in [0.25, 0.3) is 11.5 Å². The van der Waals surface area contributed by atoms with Crippen molar-refractivity contribution in [3.05, 3.63) is 53.8 Å². The van der Waals surface area contributed by atoms with E-state index < -0.39 is 0 Å². The summed E-state index contributed by atoms with van der Waals surface area (Å²) in [5.41, 5.74) is 1.52. The molecule has 4 rings (SSSR count). The Morgan fingerprint density at radius 3 is 2.78 bits per heavy atom. The zero-order valence-corrected chi connectivity index (χ0v) is 14.8. The molecule has 1 N–H and O–H groups in total. The molecule has 0 saturated carbocycles. The molecule has 0 unspecified atom stereocenters. The maximum absolute atomic E-state index is 12.9. The van der Waals surface area contributed by atoms with Gasteiger partial charge >= 0.3 is 0 Å². The number of hydrogen-bond donors (Lipinski definition) is 1. The predicted molar refractivity (Wildman–Crippen MR) is 94.8 cm³/mol. The van der Waals surface area contributed by atoms with Crippen LogP contribution in [0.5, 0.6) is 11.5 Å². The van der Waals surface area contributed by atoms with E-state index in [1.807, 2.05) is 18.2 Å². The van der Waals surface area contributed by atoms with Gasteiger partial charge in [0.05, 0.1) is 5.75 Å². The number of hydrogen-bond acceptors (Lipinski definition) is 7. The van der Waals surface area contributed by atoms with E-state index in [9.17, 15) is 9.18 Å². The fourth-order valence-corrected chi connectivity index (χ4v) is 3.00. The van der Waals surface area contributed by atoms with Crippen molar-refractivity contribution in [1.82, 2.24) is 15.5 Å². The van der Waals surface area contributed by atoms with Crippen molar-refractivity contribution in [3.8, 4) is 23.0 Å². The normalized spacial score (nSPS) is 12.2. The van der Waals surface area contributed by atoms with Crippen LogP contribution in [-0.2, 0) is 11.3 Å². The summed E-state index contributed by atoms with van der Waals surface area (Å²) < 4.78 is 29.0. The van der Waals surface area contributed by atoms with E-state index in [-0.39, 0.29) is 35.4 Å². The smallest absolute Gasteiger partial charge is 0.277 e. The topological polar surface area (TPSA) is 86.5 Å². The summed E-state index contributed by atoms with van der Waals surface area (Å²) in [5, 5.41) is 10.9. The molecule has 7 nitrogen and oxygen atoms in total. The second kappa shape index (κ2) is 7.67. The van der Waals surface area contributed by atoms with Gasteiger partial charge in [-0.25, -0.2) is 4.39 Å². The summed E-state index contributed by atoms with van der Waals surface area (Å²) in [6.45, 7) is 0.590. The fourth-order valence-electron chi connectivity index (χ4n) is 2.41. The summed E-state index contributed by atoms with van der Waals surface area (Å²) in [6, 6.07) is 11.3. The highest BCUT2D eigenvalue weighted by molar-refractivity contribution is 7.99. The zero-order chi connectivity index (χ0) is 18.6. The number of nitrogens with one attached hydrogen (secondary N) is 1. The Kier molecular flexibility index (Phi) is 4.93. The Hall–Kier alpha value is -3.07. The number of amides is 1. The quantitative estimate of drug-likeness (QED) is 0.651. The molecule has 0 bridgehead atoms. The minimum absolute atomic E-state index is 0.135. The first kappa shape index (κ1) is 17.3. The molecule has 1 aliphatic heterocycles. The molecule has 1 aromatic heterocycles. The van der Waals surface area contributed by atoms with Crippen LogP contribution >= 0.6 is 11.8 Å². The lowest BCUT2D eigenvalue weighted by Gasteiger charge is -2.05. The number of aromatic nitrogens is 2. The lowest BCUT2D eigenvalue weighted by atomic mass is 10.2. The van der Waals surface area contributed by atoms with E-state index in [2.05, 4.69) is 15.5 Å². The Labute approximate surface area is 157 Å². The SMILES string of the molecule is O=C(CSc1nnc(-c2ccc(F)cc2)o1)NCc1ccc2c(c1)OCO2. The molecule has 1 aliphatic rings. The number of nitrogens with zero attached hydrogens (tertiary/aromatic N) is 2. The molecule has 138 valence electrons. The van der Waals surface area contributed by atoms with E-state index >= 15 is 0 Å². The van der Waals surface area contributed by atoms with E-state index in [1.54, 1.807) is 12.1 Å². The average molecular weight is 387 g/mol. The van der Waals surface area contributed by atoms with Crippen LogP contribution in [0.1, 0.15) is 5.56 Å². The van der Waals surface area contributed by atoms with Crippen LogP contribution in [0.15, 0.2) is 52.1 Å². The third kappa shape index (κ3) is 4.20. The number of halogens is 1. The number of carbonyl (C=O) groups is 1. The van der Waals surface area contributed by atoms with Gasteiger partial charge in [0.15, 0.2) is 11.5 Å². The largest absolute Gasteiger partial charge is 0.454 e. The lowest BCUT2D eigenvalue weighted by molar-refractivity contribution is -0.118. The molecule has 27 heavy (non-hydrogen) atoms. The Balaban J connectivity index is 1.27. The molecule has 0 aliphatic carbocycles. The number of rotatable bonds is 6. The van der Waals surface area contributed by atoms with Crippen LogP contribution in [0.4, 0.5) is 4.39 Å². The fraction of sp³-hybridized carbons (Fsp3) is 0.167. The Morgan fingerprint density at radius 2 is 1.93 bits per heavy atom. The number of benzene rings is 2. The molecule has 0 atom stereocenters. The number of fused-ring (bicyclic) bond motifs is 1. The van der Waals surface area contributed by atoms with Gasteiger partial charge in [-0.2, -0.15) is 0 Å². The second-order valence-electron chi connectivity index (χ2n) is 5.63. The van der Waals surface area contributed by atoms with Gasteiger partial charge in [-0.1, -0.05) is 17.8 Å². The predicted octanol–water partition coefficient (Wildman–Crippen LogP) is 3.01.